The molecule has 0 radical (unpaired) electrons. The highest BCUT2D eigenvalue weighted by Gasteiger charge is 2.10. The zero-order chi connectivity index (χ0) is 14.4. The van der Waals surface area contributed by atoms with Crippen molar-refractivity contribution in [3.05, 3.63) is 54.9 Å². The van der Waals surface area contributed by atoms with E-state index in [4.69, 9.17) is 0 Å². The highest BCUT2D eigenvalue weighted by molar-refractivity contribution is 6.06. The lowest BCUT2D eigenvalue weighted by atomic mass is 10.1. The molecule has 102 valence electrons. The standard InChI is InChI=1S/C16H11FN4/c1-21-14-6-7-18-9-12(14)11-3-4-13(20-16(11)21)10-2-5-15(17)19-8-10/h2-9H,1H3. The predicted molar refractivity (Wildman–Crippen MR) is 79.2 cm³/mol. The van der Waals surface area contributed by atoms with Crippen LogP contribution in [0.2, 0.25) is 0 Å². The quantitative estimate of drug-likeness (QED) is 0.502. The number of hydrogen-bond acceptors (Lipinski definition) is 3. The minimum absolute atomic E-state index is 0.490. The van der Waals surface area contributed by atoms with Crippen LogP contribution in [0.25, 0.3) is 33.2 Å². The average molecular weight is 278 g/mol. The van der Waals surface area contributed by atoms with Gasteiger partial charge >= 0.3 is 0 Å². The van der Waals surface area contributed by atoms with E-state index in [0.717, 1.165) is 33.2 Å². The molecule has 4 heterocycles. The Balaban J connectivity index is 2.00. The lowest BCUT2D eigenvalue weighted by molar-refractivity contribution is 0.584. The molecule has 0 unspecified atom stereocenters. The molecule has 0 amide bonds. The van der Waals surface area contributed by atoms with Crippen molar-refractivity contribution in [3.8, 4) is 11.3 Å². The van der Waals surface area contributed by atoms with Gasteiger partial charge in [-0.1, -0.05) is 0 Å². The van der Waals surface area contributed by atoms with Gasteiger partial charge in [-0.25, -0.2) is 9.97 Å². The second-order valence-corrected chi connectivity index (χ2v) is 4.89. The SMILES string of the molecule is Cn1c2ccncc2c2ccc(-c3ccc(F)nc3)nc21. The van der Waals surface area contributed by atoms with E-state index in [1.165, 1.54) is 12.3 Å². The summed E-state index contributed by atoms with van der Waals surface area (Å²) < 4.78 is 15.0. The van der Waals surface area contributed by atoms with E-state index in [9.17, 15) is 4.39 Å². The van der Waals surface area contributed by atoms with Gasteiger partial charge < -0.3 is 4.57 Å². The third-order valence-corrected chi connectivity index (χ3v) is 3.67. The maximum absolute atomic E-state index is 12.9. The van der Waals surface area contributed by atoms with Crippen molar-refractivity contribution in [3.63, 3.8) is 0 Å². The third kappa shape index (κ3) is 1.78. The monoisotopic (exact) mass is 278 g/mol. The van der Waals surface area contributed by atoms with Gasteiger partial charge in [0.2, 0.25) is 5.95 Å². The lowest BCUT2D eigenvalue weighted by Crippen LogP contribution is -1.92. The number of aromatic nitrogens is 4. The molecule has 4 nitrogen and oxygen atoms in total. The van der Waals surface area contributed by atoms with Crippen molar-refractivity contribution in [2.24, 2.45) is 7.05 Å². The summed E-state index contributed by atoms with van der Waals surface area (Å²) in [6.07, 6.45) is 5.11. The molecule has 0 N–H and O–H groups in total. The number of hydrogen-bond donors (Lipinski definition) is 0. The summed E-state index contributed by atoms with van der Waals surface area (Å²) >= 11 is 0. The molecule has 4 aromatic heterocycles. The predicted octanol–water partition coefficient (Wildman–Crippen LogP) is 3.32. The zero-order valence-electron chi connectivity index (χ0n) is 11.3. The molecule has 4 aromatic rings. The summed E-state index contributed by atoms with van der Waals surface area (Å²) in [7, 11) is 1.98. The first-order chi connectivity index (χ1) is 10.2. The van der Waals surface area contributed by atoms with Crippen LogP contribution in [-0.4, -0.2) is 19.5 Å². The van der Waals surface area contributed by atoms with Crippen molar-refractivity contribution in [2.45, 2.75) is 0 Å². The number of fused-ring (bicyclic) bond motifs is 3. The molecule has 0 aliphatic rings. The number of aryl methyl sites for hydroxylation is 1. The van der Waals surface area contributed by atoms with E-state index in [1.807, 2.05) is 36.0 Å². The molecular weight excluding hydrogens is 267 g/mol. The first-order valence-electron chi connectivity index (χ1n) is 6.55. The maximum Gasteiger partial charge on any atom is 0.212 e. The highest BCUT2D eigenvalue weighted by atomic mass is 19.1. The van der Waals surface area contributed by atoms with Crippen molar-refractivity contribution in [1.29, 1.82) is 0 Å². The van der Waals surface area contributed by atoms with Crippen molar-refractivity contribution >= 4 is 21.9 Å². The van der Waals surface area contributed by atoms with E-state index in [1.54, 1.807) is 12.3 Å². The lowest BCUT2D eigenvalue weighted by Gasteiger charge is -2.02. The zero-order valence-corrected chi connectivity index (χ0v) is 11.3. The fraction of sp³-hybridized carbons (Fsp3) is 0.0625. The second-order valence-electron chi connectivity index (χ2n) is 4.89. The van der Waals surface area contributed by atoms with E-state index < -0.39 is 5.95 Å². The Morgan fingerprint density at radius 1 is 1.00 bits per heavy atom. The fourth-order valence-electron chi connectivity index (χ4n) is 2.60. The van der Waals surface area contributed by atoms with Gasteiger partial charge in [-0.2, -0.15) is 4.39 Å². The Morgan fingerprint density at radius 2 is 1.90 bits per heavy atom. The van der Waals surface area contributed by atoms with E-state index in [2.05, 4.69) is 15.0 Å². The molecule has 0 bridgehead atoms. The molecule has 0 fully saturated rings. The van der Waals surface area contributed by atoms with Crippen LogP contribution in [0.15, 0.2) is 48.9 Å². The average Bonchev–Trinajstić information content (AvgIpc) is 2.81. The molecule has 0 saturated carbocycles. The van der Waals surface area contributed by atoms with Crippen LogP contribution in [-0.2, 0) is 7.05 Å². The molecule has 21 heavy (non-hydrogen) atoms. The van der Waals surface area contributed by atoms with Crippen LogP contribution in [0.1, 0.15) is 0 Å². The molecular formula is C16H11FN4. The molecule has 5 heteroatoms. The summed E-state index contributed by atoms with van der Waals surface area (Å²) in [6, 6.07) is 8.93. The summed E-state index contributed by atoms with van der Waals surface area (Å²) in [6.45, 7) is 0. The van der Waals surface area contributed by atoms with Gasteiger partial charge in [0.1, 0.15) is 5.65 Å². The Hall–Kier alpha value is -2.82. The van der Waals surface area contributed by atoms with Gasteiger partial charge in [-0.15, -0.1) is 0 Å². The van der Waals surface area contributed by atoms with E-state index >= 15 is 0 Å². The summed E-state index contributed by atoms with van der Waals surface area (Å²) in [5, 5.41) is 2.13. The maximum atomic E-state index is 12.9. The Labute approximate surface area is 119 Å². The first kappa shape index (κ1) is 12.0. The number of nitrogens with zero attached hydrogens (tertiary/aromatic N) is 4. The van der Waals surface area contributed by atoms with Crippen molar-refractivity contribution in [2.75, 3.05) is 0 Å². The minimum atomic E-state index is -0.490. The topological polar surface area (TPSA) is 43.6 Å². The van der Waals surface area contributed by atoms with E-state index in [0.29, 0.717) is 0 Å². The normalized spacial score (nSPS) is 11.3. The number of rotatable bonds is 1. The van der Waals surface area contributed by atoms with Gasteiger partial charge in [0.25, 0.3) is 0 Å². The van der Waals surface area contributed by atoms with Crippen molar-refractivity contribution in [1.82, 2.24) is 19.5 Å². The Morgan fingerprint density at radius 3 is 2.71 bits per heavy atom. The van der Waals surface area contributed by atoms with Gasteiger partial charge in [0.05, 0.1) is 11.2 Å². The number of halogens is 1. The minimum Gasteiger partial charge on any atom is -0.328 e. The summed E-state index contributed by atoms with van der Waals surface area (Å²) in [5.41, 5.74) is 3.53. The summed E-state index contributed by atoms with van der Waals surface area (Å²) in [4.78, 5) is 12.5. The van der Waals surface area contributed by atoms with E-state index in [-0.39, 0.29) is 0 Å². The van der Waals surface area contributed by atoms with Crippen LogP contribution < -0.4 is 0 Å². The fourth-order valence-corrected chi connectivity index (χ4v) is 2.60. The van der Waals surface area contributed by atoms with Crippen LogP contribution in [0.4, 0.5) is 4.39 Å². The first-order valence-corrected chi connectivity index (χ1v) is 6.55. The molecule has 0 aromatic carbocycles. The molecule has 0 aliphatic carbocycles. The smallest absolute Gasteiger partial charge is 0.212 e. The number of pyridine rings is 3. The second kappa shape index (κ2) is 4.34. The van der Waals surface area contributed by atoms with Gasteiger partial charge in [-0.3, -0.25) is 4.98 Å². The Kier molecular flexibility index (Phi) is 2.47. The molecule has 0 aliphatic heterocycles. The van der Waals surface area contributed by atoms with Crippen molar-refractivity contribution < 1.29 is 4.39 Å². The van der Waals surface area contributed by atoms with Crippen LogP contribution in [0, 0.1) is 5.95 Å². The Bertz CT molecular complexity index is 957. The van der Waals surface area contributed by atoms with Crippen LogP contribution in [0.5, 0.6) is 0 Å². The molecule has 4 rings (SSSR count). The van der Waals surface area contributed by atoms with Gasteiger partial charge in [0.15, 0.2) is 0 Å². The highest BCUT2D eigenvalue weighted by Crippen LogP contribution is 2.28. The van der Waals surface area contributed by atoms with Gasteiger partial charge in [0, 0.05) is 42.0 Å². The third-order valence-electron chi connectivity index (χ3n) is 3.67. The van der Waals surface area contributed by atoms with Gasteiger partial charge in [-0.05, 0) is 30.3 Å². The van der Waals surface area contributed by atoms with Crippen LogP contribution >= 0.6 is 0 Å². The summed E-state index contributed by atoms with van der Waals surface area (Å²) in [5.74, 6) is -0.490. The molecule has 0 saturated heterocycles. The molecule has 0 atom stereocenters. The molecule has 0 spiro atoms. The largest absolute Gasteiger partial charge is 0.328 e. The van der Waals surface area contributed by atoms with Crippen LogP contribution in [0.3, 0.4) is 0 Å².